The van der Waals surface area contributed by atoms with Gasteiger partial charge in [0.2, 0.25) is 5.89 Å². The summed E-state index contributed by atoms with van der Waals surface area (Å²) in [6.45, 7) is 1.83. The van der Waals surface area contributed by atoms with Gasteiger partial charge >= 0.3 is 12.3 Å². The molecule has 0 atom stereocenters. The van der Waals surface area contributed by atoms with E-state index in [4.69, 9.17) is 9.26 Å². The Morgan fingerprint density at radius 1 is 1.27 bits per heavy atom. The first-order valence-electron chi connectivity index (χ1n) is 6.22. The Kier molecular flexibility index (Phi) is 4.64. The second kappa shape index (κ2) is 6.46. The fraction of sp³-hybridized carbons (Fsp3) is 0.308. The number of benzene rings is 1. The van der Waals surface area contributed by atoms with Crippen molar-refractivity contribution in [2.45, 2.75) is 19.7 Å². The molecule has 0 saturated carbocycles. The van der Waals surface area contributed by atoms with Crippen LogP contribution in [0.1, 0.15) is 29.0 Å². The molecule has 2 aromatic rings. The van der Waals surface area contributed by atoms with Crippen molar-refractivity contribution in [1.29, 1.82) is 0 Å². The van der Waals surface area contributed by atoms with E-state index in [1.165, 1.54) is 24.3 Å². The van der Waals surface area contributed by atoms with E-state index in [0.717, 1.165) is 0 Å². The smallest absolute Gasteiger partial charge is 0.460 e. The minimum Gasteiger partial charge on any atom is -0.460 e. The topological polar surface area (TPSA) is 74.5 Å². The predicted molar refractivity (Wildman–Crippen MR) is 66.2 cm³/mol. The monoisotopic (exact) mass is 316 g/mol. The minimum atomic E-state index is -4.73. The number of rotatable bonds is 5. The van der Waals surface area contributed by atoms with Crippen LogP contribution in [-0.2, 0) is 11.2 Å². The van der Waals surface area contributed by atoms with E-state index >= 15 is 0 Å². The maximum atomic E-state index is 12.0. The van der Waals surface area contributed by atoms with Crippen LogP contribution in [0.3, 0.4) is 0 Å². The maximum absolute atomic E-state index is 12.0. The molecule has 0 fully saturated rings. The van der Waals surface area contributed by atoms with E-state index in [2.05, 4.69) is 14.9 Å². The average molecular weight is 316 g/mol. The summed E-state index contributed by atoms with van der Waals surface area (Å²) >= 11 is 0. The lowest BCUT2D eigenvalue weighted by Crippen LogP contribution is -2.17. The zero-order chi connectivity index (χ0) is 16.2. The summed E-state index contributed by atoms with van der Waals surface area (Å²) in [7, 11) is 0. The third-order valence-corrected chi connectivity index (χ3v) is 2.44. The van der Waals surface area contributed by atoms with E-state index in [1.807, 2.05) is 0 Å². The molecule has 1 aromatic carbocycles. The second-order valence-electron chi connectivity index (χ2n) is 4.10. The van der Waals surface area contributed by atoms with Gasteiger partial charge in [0.25, 0.3) is 5.82 Å². The first-order valence-corrected chi connectivity index (χ1v) is 6.22. The molecule has 6 nitrogen and oxygen atoms in total. The predicted octanol–water partition coefficient (Wildman–Crippen LogP) is 2.74. The Morgan fingerprint density at radius 2 is 1.95 bits per heavy atom. The summed E-state index contributed by atoms with van der Waals surface area (Å²) in [6.07, 6.45) is -4.57. The molecule has 22 heavy (non-hydrogen) atoms. The number of carbonyl (C=O) groups excluding carboxylic acids is 1. The molecule has 0 aliphatic rings. The number of hydrogen-bond donors (Lipinski definition) is 0. The molecular formula is C13H11F3N2O4. The van der Waals surface area contributed by atoms with Crippen LogP contribution < -0.4 is 4.74 Å². The molecule has 118 valence electrons. The van der Waals surface area contributed by atoms with Gasteiger partial charge in [0.15, 0.2) is 0 Å². The molecule has 0 aliphatic carbocycles. The Labute approximate surface area is 122 Å². The molecule has 1 aromatic heterocycles. The van der Waals surface area contributed by atoms with Gasteiger partial charge in [0, 0.05) is 0 Å². The first kappa shape index (κ1) is 15.8. The van der Waals surface area contributed by atoms with Crippen molar-refractivity contribution in [3.63, 3.8) is 0 Å². The molecular weight excluding hydrogens is 305 g/mol. The van der Waals surface area contributed by atoms with E-state index < -0.39 is 12.3 Å². The van der Waals surface area contributed by atoms with Crippen LogP contribution in [0.5, 0.6) is 5.75 Å². The molecule has 0 unspecified atom stereocenters. The van der Waals surface area contributed by atoms with Crippen molar-refractivity contribution < 1.29 is 32.0 Å². The van der Waals surface area contributed by atoms with Gasteiger partial charge in [-0.25, -0.2) is 4.79 Å². The summed E-state index contributed by atoms with van der Waals surface area (Å²) in [5, 5.41) is 3.46. The maximum Gasteiger partial charge on any atom is 0.573 e. The highest BCUT2D eigenvalue weighted by Crippen LogP contribution is 2.23. The van der Waals surface area contributed by atoms with Gasteiger partial charge in [-0.3, -0.25) is 0 Å². The van der Waals surface area contributed by atoms with E-state index in [0.29, 0.717) is 5.56 Å². The van der Waals surface area contributed by atoms with Crippen molar-refractivity contribution >= 4 is 5.97 Å². The highest BCUT2D eigenvalue weighted by molar-refractivity contribution is 5.84. The van der Waals surface area contributed by atoms with Crippen LogP contribution in [0.25, 0.3) is 0 Å². The lowest BCUT2D eigenvalue weighted by Gasteiger charge is -2.08. The quantitative estimate of drug-likeness (QED) is 0.790. The SMILES string of the molecule is CCOC(=O)c1noc(Cc2ccc(OC(F)(F)F)cc2)n1. The molecule has 0 aliphatic heterocycles. The summed E-state index contributed by atoms with van der Waals surface area (Å²) in [4.78, 5) is 15.2. The lowest BCUT2D eigenvalue weighted by molar-refractivity contribution is -0.274. The van der Waals surface area contributed by atoms with Gasteiger partial charge in [-0.15, -0.1) is 13.2 Å². The third-order valence-electron chi connectivity index (χ3n) is 2.44. The molecule has 0 saturated heterocycles. The summed E-state index contributed by atoms with van der Waals surface area (Å²) in [5.74, 6) is -1.08. The van der Waals surface area contributed by atoms with Crippen molar-refractivity contribution in [2.24, 2.45) is 0 Å². The van der Waals surface area contributed by atoms with Crippen molar-refractivity contribution in [1.82, 2.24) is 10.1 Å². The summed E-state index contributed by atoms with van der Waals surface area (Å²) < 4.78 is 49.4. The molecule has 0 N–H and O–H groups in total. The van der Waals surface area contributed by atoms with Crippen LogP contribution in [0.15, 0.2) is 28.8 Å². The summed E-state index contributed by atoms with van der Waals surface area (Å²) in [6, 6.07) is 5.20. The van der Waals surface area contributed by atoms with Gasteiger partial charge in [0.1, 0.15) is 5.75 Å². The minimum absolute atomic E-state index is 0.146. The number of carbonyl (C=O) groups is 1. The standard InChI is InChI=1S/C13H11F3N2O4/c1-2-20-12(19)11-17-10(22-18-11)7-8-3-5-9(6-4-8)21-13(14,15)16/h3-6H,2,7H2,1H3. The number of hydrogen-bond acceptors (Lipinski definition) is 6. The fourth-order valence-corrected chi connectivity index (χ4v) is 1.59. The summed E-state index contributed by atoms with van der Waals surface area (Å²) in [5.41, 5.74) is 0.619. The largest absolute Gasteiger partial charge is 0.573 e. The third kappa shape index (κ3) is 4.47. The van der Waals surface area contributed by atoms with Gasteiger partial charge in [-0.05, 0) is 29.8 Å². The molecule has 1 heterocycles. The zero-order valence-corrected chi connectivity index (χ0v) is 11.4. The molecule has 0 bridgehead atoms. The Balaban J connectivity index is 2.00. The number of ether oxygens (including phenoxy) is 2. The first-order chi connectivity index (χ1) is 10.4. The van der Waals surface area contributed by atoms with Crippen LogP contribution >= 0.6 is 0 Å². The fourth-order valence-electron chi connectivity index (χ4n) is 1.59. The Morgan fingerprint density at radius 3 is 2.55 bits per heavy atom. The van der Waals surface area contributed by atoms with Crippen LogP contribution in [-0.4, -0.2) is 29.1 Å². The van der Waals surface area contributed by atoms with Gasteiger partial charge in [-0.1, -0.05) is 12.1 Å². The van der Waals surface area contributed by atoms with E-state index in [9.17, 15) is 18.0 Å². The van der Waals surface area contributed by atoms with Gasteiger partial charge in [-0.2, -0.15) is 4.98 Å². The van der Waals surface area contributed by atoms with Crippen molar-refractivity contribution in [2.75, 3.05) is 6.61 Å². The van der Waals surface area contributed by atoms with Crippen LogP contribution in [0, 0.1) is 0 Å². The van der Waals surface area contributed by atoms with E-state index in [1.54, 1.807) is 6.92 Å². The molecule has 0 spiro atoms. The number of aromatic nitrogens is 2. The van der Waals surface area contributed by atoms with Gasteiger partial charge in [0.05, 0.1) is 13.0 Å². The molecule has 9 heteroatoms. The highest BCUT2D eigenvalue weighted by Gasteiger charge is 2.30. The Bertz CT molecular complexity index is 637. The van der Waals surface area contributed by atoms with Crippen LogP contribution in [0.2, 0.25) is 0 Å². The van der Waals surface area contributed by atoms with Crippen molar-refractivity contribution in [3.8, 4) is 5.75 Å². The number of alkyl halides is 3. The molecule has 0 amide bonds. The van der Waals surface area contributed by atoms with E-state index in [-0.39, 0.29) is 30.5 Å². The van der Waals surface area contributed by atoms with Crippen LogP contribution in [0.4, 0.5) is 13.2 Å². The Hall–Kier alpha value is -2.58. The zero-order valence-electron chi connectivity index (χ0n) is 11.4. The number of nitrogens with zero attached hydrogens (tertiary/aromatic N) is 2. The number of halogens is 3. The normalized spacial score (nSPS) is 11.3. The molecule has 2 rings (SSSR count). The lowest BCUT2D eigenvalue weighted by atomic mass is 10.1. The van der Waals surface area contributed by atoms with Crippen molar-refractivity contribution in [3.05, 3.63) is 41.5 Å². The average Bonchev–Trinajstić information content (AvgIpc) is 2.88. The second-order valence-corrected chi connectivity index (χ2v) is 4.10. The van der Waals surface area contributed by atoms with Gasteiger partial charge < -0.3 is 14.0 Å². The molecule has 0 radical (unpaired) electrons. The highest BCUT2D eigenvalue weighted by atomic mass is 19.4. The number of esters is 1.